The van der Waals surface area contributed by atoms with E-state index < -0.39 is 0 Å². The molecule has 2 aliphatic rings. The van der Waals surface area contributed by atoms with Gasteiger partial charge in [-0.1, -0.05) is 0 Å². The molecule has 20 heavy (non-hydrogen) atoms. The van der Waals surface area contributed by atoms with E-state index in [4.69, 9.17) is 0 Å². The van der Waals surface area contributed by atoms with Crippen LogP contribution in [0.2, 0.25) is 0 Å². The highest BCUT2D eigenvalue weighted by atomic mass is 15.3. The summed E-state index contributed by atoms with van der Waals surface area (Å²) >= 11 is 0. The van der Waals surface area contributed by atoms with Gasteiger partial charge in [0.2, 0.25) is 0 Å². The SMILES string of the molecule is CN1CN(C)c2ccc3c4c(ccc1c24)N(C)CN3C. The molecule has 2 aliphatic heterocycles. The van der Waals surface area contributed by atoms with Crippen LogP contribution in [0, 0.1) is 0 Å². The van der Waals surface area contributed by atoms with E-state index in [2.05, 4.69) is 72.1 Å². The topological polar surface area (TPSA) is 13.0 Å². The maximum atomic E-state index is 2.32. The molecule has 0 saturated heterocycles. The van der Waals surface area contributed by atoms with Gasteiger partial charge >= 0.3 is 0 Å². The third kappa shape index (κ3) is 1.31. The Morgan fingerprint density at radius 2 is 0.800 bits per heavy atom. The van der Waals surface area contributed by atoms with E-state index in [1.807, 2.05) is 0 Å². The molecule has 0 radical (unpaired) electrons. The van der Waals surface area contributed by atoms with E-state index in [9.17, 15) is 0 Å². The van der Waals surface area contributed by atoms with Crippen LogP contribution in [0.1, 0.15) is 0 Å². The molecule has 0 aromatic heterocycles. The summed E-state index contributed by atoms with van der Waals surface area (Å²) in [6.45, 7) is 1.87. The molecule has 2 aromatic rings. The molecule has 0 unspecified atom stereocenters. The lowest BCUT2D eigenvalue weighted by molar-refractivity contribution is 0.833. The van der Waals surface area contributed by atoms with E-state index in [1.54, 1.807) is 0 Å². The number of anilines is 4. The molecule has 0 saturated carbocycles. The summed E-state index contributed by atoms with van der Waals surface area (Å²) in [7, 11) is 8.67. The lowest BCUT2D eigenvalue weighted by atomic mass is 9.98. The lowest BCUT2D eigenvalue weighted by Gasteiger charge is -2.40. The number of benzene rings is 2. The number of hydrogen-bond donors (Lipinski definition) is 0. The minimum atomic E-state index is 0.937. The van der Waals surface area contributed by atoms with E-state index in [1.165, 1.54) is 33.5 Å². The molecule has 0 N–H and O–H groups in total. The van der Waals surface area contributed by atoms with Gasteiger partial charge in [0.15, 0.2) is 0 Å². The van der Waals surface area contributed by atoms with Crippen molar-refractivity contribution in [2.75, 3.05) is 61.1 Å². The van der Waals surface area contributed by atoms with Crippen LogP contribution in [-0.4, -0.2) is 41.5 Å². The smallest absolute Gasteiger partial charge is 0.0897 e. The van der Waals surface area contributed by atoms with Gasteiger partial charge in [-0.05, 0) is 24.3 Å². The van der Waals surface area contributed by atoms with E-state index in [-0.39, 0.29) is 0 Å². The van der Waals surface area contributed by atoms with Crippen molar-refractivity contribution >= 4 is 33.5 Å². The first-order valence-corrected chi connectivity index (χ1v) is 7.02. The van der Waals surface area contributed by atoms with Gasteiger partial charge < -0.3 is 19.6 Å². The second kappa shape index (κ2) is 3.72. The van der Waals surface area contributed by atoms with Crippen molar-refractivity contribution in [3.05, 3.63) is 24.3 Å². The highest BCUT2D eigenvalue weighted by Crippen LogP contribution is 2.47. The third-order valence-electron chi connectivity index (χ3n) is 4.57. The fourth-order valence-electron chi connectivity index (χ4n) is 3.64. The quantitative estimate of drug-likeness (QED) is 0.728. The molecule has 104 valence electrons. The predicted molar refractivity (Wildman–Crippen MR) is 87.3 cm³/mol. The van der Waals surface area contributed by atoms with Crippen LogP contribution in [-0.2, 0) is 0 Å². The minimum Gasteiger partial charge on any atom is -0.356 e. The maximum absolute atomic E-state index is 2.32. The highest BCUT2D eigenvalue weighted by molar-refractivity contribution is 6.16. The van der Waals surface area contributed by atoms with Crippen molar-refractivity contribution in [3.8, 4) is 0 Å². The van der Waals surface area contributed by atoms with E-state index in [0.29, 0.717) is 0 Å². The fraction of sp³-hybridized carbons (Fsp3) is 0.375. The van der Waals surface area contributed by atoms with Crippen molar-refractivity contribution in [2.45, 2.75) is 0 Å². The van der Waals surface area contributed by atoms with E-state index >= 15 is 0 Å². The molecule has 0 spiro atoms. The molecule has 4 heteroatoms. The summed E-state index contributed by atoms with van der Waals surface area (Å²) in [5, 5.41) is 2.77. The molecule has 0 amide bonds. The largest absolute Gasteiger partial charge is 0.356 e. The Morgan fingerprint density at radius 3 is 1.05 bits per heavy atom. The van der Waals surface area contributed by atoms with Crippen LogP contribution in [0.3, 0.4) is 0 Å². The Balaban J connectivity index is 2.17. The first kappa shape index (κ1) is 11.7. The van der Waals surface area contributed by atoms with Gasteiger partial charge in [-0.15, -0.1) is 0 Å². The molecular weight excluding hydrogens is 248 g/mol. The average molecular weight is 268 g/mol. The monoisotopic (exact) mass is 268 g/mol. The molecule has 4 rings (SSSR count). The summed E-state index contributed by atoms with van der Waals surface area (Å²) in [6.07, 6.45) is 0. The number of rotatable bonds is 0. The highest BCUT2D eigenvalue weighted by Gasteiger charge is 2.27. The zero-order valence-corrected chi connectivity index (χ0v) is 12.5. The second-order valence-corrected chi connectivity index (χ2v) is 6.03. The van der Waals surface area contributed by atoms with Gasteiger partial charge in [0.1, 0.15) is 0 Å². The minimum absolute atomic E-state index is 0.937. The predicted octanol–water partition coefficient (Wildman–Crippen LogP) is 2.53. The Kier molecular flexibility index (Phi) is 2.18. The van der Waals surface area contributed by atoms with Gasteiger partial charge in [0, 0.05) is 61.7 Å². The number of nitrogens with zero attached hydrogens (tertiary/aromatic N) is 4. The van der Waals surface area contributed by atoms with Gasteiger partial charge in [-0.3, -0.25) is 0 Å². The van der Waals surface area contributed by atoms with E-state index in [0.717, 1.165) is 13.3 Å². The first-order valence-electron chi connectivity index (χ1n) is 7.02. The molecule has 2 heterocycles. The van der Waals surface area contributed by atoms with Gasteiger partial charge in [0.05, 0.1) is 13.3 Å². The second-order valence-electron chi connectivity index (χ2n) is 6.03. The Morgan fingerprint density at radius 1 is 0.550 bits per heavy atom. The Hall–Kier alpha value is -2.10. The molecule has 0 atom stereocenters. The van der Waals surface area contributed by atoms with Crippen molar-refractivity contribution < 1.29 is 0 Å². The summed E-state index contributed by atoms with van der Waals surface area (Å²) in [6, 6.07) is 9.05. The van der Waals surface area contributed by atoms with Crippen LogP contribution >= 0.6 is 0 Å². The van der Waals surface area contributed by atoms with Gasteiger partial charge in [-0.25, -0.2) is 0 Å². The summed E-state index contributed by atoms with van der Waals surface area (Å²) in [5.41, 5.74) is 5.34. The molecule has 0 aliphatic carbocycles. The number of hydrogen-bond acceptors (Lipinski definition) is 4. The molecule has 0 fully saturated rings. The van der Waals surface area contributed by atoms with Crippen LogP contribution in [0.15, 0.2) is 24.3 Å². The summed E-state index contributed by atoms with van der Waals surface area (Å²) < 4.78 is 0. The van der Waals surface area contributed by atoms with Gasteiger partial charge in [0.25, 0.3) is 0 Å². The van der Waals surface area contributed by atoms with Crippen LogP contribution in [0.5, 0.6) is 0 Å². The summed E-state index contributed by atoms with van der Waals surface area (Å²) in [5.74, 6) is 0. The zero-order chi connectivity index (χ0) is 14.0. The van der Waals surface area contributed by atoms with Crippen LogP contribution in [0.4, 0.5) is 22.7 Å². The zero-order valence-electron chi connectivity index (χ0n) is 12.5. The molecular formula is C16H20N4. The van der Waals surface area contributed by atoms with Gasteiger partial charge in [-0.2, -0.15) is 0 Å². The maximum Gasteiger partial charge on any atom is 0.0897 e. The van der Waals surface area contributed by atoms with Crippen molar-refractivity contribution in [1.82, 2.24) is 0 Å². The Labute approximate surface area is 119 Å². The third-order valence-corrected chi connectivity index (χ3v) is 4.57. The van der Waals surface area contributed by atoms with Crippen molar-refractivity contribution in [2.24, 2.45) is 0 Å². The summed E-state index contributed by atoms with van der Waals surface area (Å²) in [4.78, 5) is 9.30. The van der Waals surface area contributed by atoms with Crippen LogP contribution in [0.25, 0.3) is 10.8 Å². The first-order chi connectivity index (χ1) is 9.58. The lowest BCUT2D eigenvalue weighted by Crippen LogP contribution is -2.39. The standard InChI is InChI=1S/C16H20N4/c1-17-9-18(2)12-7-8-14-16-13(19(3)10-20(14)4)6-5-11(17)15(12)16/h5-8H,9-10H2,1-4H3. The Bertz CT molecular complexity index is 594. The normalized spacial score (nSPS) is 17.2. The molecule has 4 nitrogen and oxygen atoms in total. The molecule has 0 bridgehead atoms. The fourth-order valence-corrected chi connectivity index (χ4v) is 3.64. The average Bonchev–Trinajstić information content (AvgIpc) is 2.42. The van der Waals surface area contributed by atoms with Crippen molar-refractivity contribution in [1.29, 1.82) is 0 Å². The molecule has 2 aromatic carbocycles. The van der Waals surface area contributed by atoms with Crippen molar-refractivity contribution in [3.63, 3.8) is 0 Å². The van der Waals surface area contributed by atoms with Crippen LogP contribution < -0.4 is 19.6 Å².